The molecule has 9 nitrogen and oxygen atoms in total. The van der Waals surface area contributed by atoms with Gasteiger partial charge < -0.3 is 19.7 Å². The van der Waals surface area contributed by atoms with Crippen molar-refractivity contribution in [3.8, 4) is 11.5 Å². The second-order valence-corrected chi connectivity index (χ2v) is 9.38. The van der Waals surface area contributed by atoms with E-state index >= 15 is 0 Å². The van der Waals surface area contributed by atoms with Crippen molar-refractivity contribution >= 4 is 40.2 Å². The molecule has 1 aliphatic rings. The zero-order chi connectivity index (χ0) is 28.1. The third-order valence-corrected chi connectivity index (χ3v) is 6.95. The number of thiazole rings is 1. The highest BCUT2D eigenvalue weighted by atomic mass is 32.1. The average Bonchev–Trinajstić information content (AvgIpc) is 3.44. The fraction of sp³-hybridized carbons (Fsp3) is 0.172. The van der Waals surface area contributed by atoms with E-state index in [9.17, 15) is 24.6 Å². The number of hydrogen-bond donors (Lipinski definition) is 2. The molecule has 2 aromatic carbocycles. The quantitative estimate of drug-likeness (QED) is 0.205. The largest absolute Gasteiger partial charge is 0.504 e. The number of aromatic hydroxyl groups is 1. The first kappa shape index (κ1) is 27.3. The van der Waals surface area contributed by atoms with Crippen LogP contribution in [-0.4, -0.2) is 46.1 Å². The minimum Gasteiger partial charge on any atom is -0.504 e. The lowest BCUT2D eigenvalue weighted by Crippen LogP contribution is -2.30. The van der Waals surface area contributed by atoms with Crippen molar-refractivity contribution in [3.05, 3.63) is 100 Å². The standard InChI is InChI=1S/C29H26N2O7S/c1-4-15-38-28(36)26-17(3)30-29(39-26)31-24(19-12-14-20(32)22(16-19)37-5-2)23(25(34)27(31)35)21(33)13-11-18-9-7-6-8-10-18/h4,6-14,16,24,32,34H,1,5,15H2,2-3H3. The van der Waals surface area contributed by atoms with Crippen molar-refractivity contribution in [2.45, 2.75) is 19.9 Å². The Morgan fingerprint density at radius 1 is 1.18 bits per heavy atom. The van der Waals surface area contributed by atoms with Crippen LogP contribution < -0.4 is 9.64 Å². The van der Waals surface area contributed by atoms with Gasteiger partial charge in [-0.15, -0.1) is 0 Å². The van der Waals surface area contributed by atoms with Crippen LogP contribution in [0.1, 0.15) is 39.5 Å². The number of ketones is 1. The first-order valence-electron chi connectivity index (χ1n) is 12.0. The highest BCUT2D eigenvalue weighted by molar-refractivity contribution is 7.17. The molecule has 39 heavy (non-hydrogen) atoms. The smallest absolute Gasteiger partial charge is 0.350 e. The number of allylic oxidation sites excluding steroid dienone is 1. The number of nitrogens with zero attached hydrogens (tertiary/aromatic N) is 2. The number of aliphatic hydroxyl groups excluding tert-OH is 1. The number of amides is 1. The second kappa shape index (κ2) is 11.8. The predicted octanol–water partition coefficient (Wildman–Crippen LogP) is 5.08. The summed E-state index contributed by atoms with van der Waals surface area (Å²) in [6.45, 7) is 7.13. The Hall–Kier alpha value is -4.70. The van der Waals surface area contributed by atoms with E-state index in [0.717, 1.165) is 21.8 Å². The number of carbonyl (C=O) groups excluding carboxylic acids is 3. The Morgan fingerprint density at radius 2 is 1.92 bits per heavy atom. The van der Waals surface area contributed by atoms with Crippen LogP contribution in [0.3, 0.4) is 0 Å². The highest BCUT2D eigenvalue weighted by Gasteiger charge is 2.45. The van der Waals surface area contributed by atoms with Gasteiger partial charge in [-0.25, -0.2) is 9.78 Å². The molecule has 4 rings (SSSR count). The van der Waals surface area contributed by atoms with E-state index < -0.39 is 29.5 Å². The Kier molecular flexibility index (Phi) is 8.26. The van der Waals surface area contributed by atoms with Gasteiger partial charge in [0.2, 0.25) is 0 Å². The van der Waals surface area contributed by atoms with E-state index in [1.54, 1.807) is 32.1 Å². The second-order valence-electron chi connectivity index (χ2n) is 8.41. The SMILES string of the molecule is C=CCOC(=O)c1sc(N2C(=O)C(O)=C(C(=O)C=Cc3ccccc3)C2c2ccc(O)c(OCC)c2)nc1C. The normalized spacial score (nSPS) is 15.2. The molecule has 0 saturated heterocycles. The number of hydrogen-bond acceptors (Lipinski definition) is 9. The Bertz CT molecular complexity index is 1490. The summed E-state index contributed by atoms with van der Waals surface area (Å²) in [5.41, 5.74) is 1.28. The van der Waals surface area contributed by atoms with Crippen molar-refractivity contribution in [1.82, 2.24) is 4.98 Å². The molecular weight excluding hydrogens is 520 g/mol. The molecule has 2 N–H and O–H groups in total. The molecule has 200 valence electrons. The molecule has 0 fully saturated rings. The maximum absolute atomic E-state index is 13.4. The lowest BCUT2D eigenvalue weighted by molar-refractivity contribution is -0.117. The lowest BCUT2D eigenvalue weighted by Gasteiger charge is -2.24. The highest BCUT2D eigenvalue weighted by Crippen LogP contribution is 2.44. The summed E-state index contributed by atoms with van der Waals surface area (Å²) in [6.07, 6.45) is 4.29. The molecule has 0 bridgehead atoms. The van der Waals surface area contributed by atoms with E-state index in [2.05, 4.69) is 11.6 Å². The van der Waals surface area contributed by atoms with Crippen molar-refractivity contribution in [2.24, 2.45) is 0 Å². The topological polar surface area (TPSA) is 126 Å². The van der Waals surface area contributed by atoms with Gasteiger partial charge in [0.25, 0.3) is 5.91 Å². The van der Waals surface area contributed by atoms with Gasteiger partial charge in [0.15, 0.2) is 28.2 Å². The molecule has 0 radical (unpaired) electrons. The van der Waals surface area contributed by atoms with Gasteiger partial charge >= 0.3 is 5.97 Å². The van der Waals surface area contributed by atoms with Crippen LogP contribution in [0.2, 0.25) is 0 Å². The molecule has 2 heterocycles. The fourth-order valence-electron chi connectivity index (χ4n) is 4.04. The van der Waals surface area contributed by atoms with Crippen LogP contribution in [0.5, 0.6) is 11.5 Å². The van der Waals surface area contributed by atoms with Crippen LogP contribution in [0, 0.1) is 6.92 Å². The van der Waals surface area contributed by atoms with E-state index in [-0.39, 0.29) is 40.3 Å². The minimum atomic E-state index is -1.12. The molecule has 10 heteroatoms. The summed E-state index contributed by atoms with van der Waals surface area (Å²) >= 11 is 0.899. The van der Waals surface area contributed by atoms with E-state index in [4.69, 9.17) is 9.47 Å². The maximum atomic E-state index is 13.4. The van der Waals surface area contributed by atoms with Gasteiger partial charge in [0.05, 0.1) is 23.9 Å². The third-order valence-electron chi connectivity index (χ3n) is 5.81. The average molecular weight is 547 g/mol. The molecule has 0 spiro atoms. The Morgan fingerprint density at radius 3 is 2.62 bits per heavy atom. The summed E-state index contributed by atoms with van der Waals surface area (Å²) < 4.78 is 10.6. The molecule has 1 aliphatic heterocycles. The van der Waals surface area contributed by atoms with Crippen molar-refractivity contribution in [1.29, 1.82) is 0 Å². The number of benzene rings is 2. The number of aromatic nitrogens is 1. The maximum Gasteiger partial charge on any atom is 0.350 e. The number of carbonyl (C=O) groups is 3. The predicted molar refractivity (Wildman–Crippen MR) is 147 cm³/mol. The van der Waals surface area contributed by atoms with E-state index in [0.29, 0.717) is 11.3 Å². The molecule has 3 aromatic rings. The summed E-state index contributed by atoms with van der Waals surface area (Å²) in [5, 5.41) is 21.3. The van der Waals surface area contributed by atoms with Crippen LogP contribution in [-0.2, 0) is 14.3 Å². The molecule has 1 atom stereocenters. The third kappa shape index (κ3) is 5.60. The van der Waals surface area contributed by atoms with Gasteiger partial charge in [0.1, 0.15) is 11.5 Å². The van der Waals surface area contributed by atoms with Crippen LogP contribution >= 0.6 is 11.3 Å². The van der Waals surface area contributed by atoms with Gasteiger partial charge in [-0.3, -0.25) is 14.5 Å². The molecule has 0 saturated carbocycles. The molecular formula is C29H26N2O7S. The molecule has 1 unspecified atom stereocenters. The number of anilines is 1. The number of ether oxygens (including phenoxy) is 2. The number of phenols is 1. The Balaban J connectivity index is 1.81. The van der Waals surface area contributed by atoms with Crippen LogP contribution in [0.4, 0.5) is 5.13 Å². The zero-order valence-corrected chi connectivity index (χ0v) is 22.1. The number of rotatable bonds is 10. The number of aliphatic hydroxyl groups is 1. The monoisotopic (exact) mass is 546 g/mol. The lowest BCUT2D eigenvalue weighted by atomic mass is 9.95. The summed E-state index contributed by atoms with van der Waals surface area (Å²) in [5.74, 6) is -2.81. The van der Waals surface area contributed by atoms with Gasteiger partial charge in [-0.1, -0.05) is 66.5 Å². The fourth-order valence-corrected chi connectivity index (χ4v) is 5.03. The zero-order valence-electron chi connectivity index (χ0n) is 21.3. The van der Waals surface area contributed by atoms with E-state index in [1.807, 2.05) is 18.2 Å². The van der Waals surface area contributed by atoms with Gasteiger partial charge in [-0.2, -0.15) is 0 Å². The van der Waals surface area contributed by atoms with Crippen LogP contribution in [0.25, 0.3) is 6.08 Å². The van der Waals surface area contributed by atoms with Crippen molar-refractivity contribution in [2.75, 3.05) is 18.1 Å². The van der Waals surface area contributed by atoms with Crippen LogP contribution in [0.15, 0.2) is 78.6 Å². The molecule has 1 amide bonds. The summed E-state index contributed by atoms with van der Waals surface area (Å²) in [4.78, 5) is 45.1. The van der Waals surface area contributed by atoms with E-state index in [1.165, 1.54) is 30.4 Å². The van der Waals surface area contributed by atoms with Gasteiger partial charge in [0, 0.05) is 0 Å². The minimum absolute atomic E-state index is 0.000761. The van der Waals surface area contributed by atoms with Gasteiger partial charge in [-0.05, 0) is 43.2 Å². The first-order valence-corrected chi connectivity index (χ1v) is 12.8. The summed E-state index contributed by atoms with van der Waals surface area (Å²) in [6, 6.07) is 12.4. The number of aryl methyl sites for hydroxylation is 1. The Labute approximate surface area is 229 Å². The number of esters is 1. The van der Waals surface area contributed by atoms with Crippen molar-refractivity contribution < 1.29 is 34.1 Å². The molecule has 1 aromatic heterocycles. The first-order chi connectivity index (χ1) is 18.8. The molecule has 0 aliphatic carbocycles. The van der Waals surface area contributed by atoms with Crippen molar-refractivity contribution in [3.63, 3.8) is 0 Å². The number of phenolic OH excluding ortho intramolecular Hbond substituents is 1. The summed E-state index contributed by atoms with van der Waals surface area (Å²) in [7, 11) is 0.